The van der Waals surface area contributed by atoms with Gasteiger partial charge in [-0.1, -0.05) is 26.0 Å². The van der Waals surface area contributed by atoms with E-state index in [-0.39, 0.29) is 22.4 Å². The molecule has 0 radical (unpaired) electrons. The fraction of sp³-hybridized carbons (Fsp3) is 0.381. The van der Waals surface area contributed by atoms with Gasteiger partial charge in [0.2, 0.25) is 0 Å². The van der Waals surface area contributed by atoms with Gasteiger partial charge in [-0.3, -0.25) is 9.52 Å². The zero-order chi connectivity index (χ0) is 21.0. The molecule has 2 aromatic carbocycles. The number of nitrogens with zero attached hydrogens (tertiary/aromatic N) is 1. The first kappa shape index (κ1) is 21.1. The molecule has 8 heteroatoms. The van der Waals surface area contributed by atoms with Gasteiger partial charge in [-0.05, 0) is 41.8 Å². The molecule has 0 unspecified atom stereocenters. The summed E-state index contributed by atoms with van der Waals surface area (Å²) in [7, 11) is -2.33. The lowest BCUT2D eigenvalue weighted by molar-refractivity contribution is 0.0303. The van der Waals surface area contributed by atoms with Gasteiger partial charge in [0.25, 0.3) is 15.9 Å². The lowest BCUT2D eigenvalue weighted by Gasteiger charge is -2.27. The van der Waals surface area contributed by atoms with Gasteiger partial charge in [-0.2, -0.15) is 0 Å². The predicted octanol–water partition coefficient (Wildman–Crippen LogP) is 3.09. The smallest absolute Gasteiger partial charge is 0.261 e. The number of carbonyl (C=O) groups is 1. The fourth-order valence-electron chi connectivity index (χ4n) is 3.23. The second kappa shape index (κ2) is 8.84. The van der Waals surface area contributed by atoms with Crippen molar-refractivity contribution in [1.82, 2.24) is 4.90 Å². The predicted molar refractivity (Wildman–Crippen MR) is 111 cm³/mol. The van der Waals surface area contributed by atoms with Crippen LogP contribution in [0.3, 0.4) is 0 Å². The summed E-state index contributed by atoms with van der Waals surface area (Å²) in [4.78, 5) is 14.7. The molecule has 3 rings (SSSR count). The van der Waals surface area contributed by atoms with Crippen molar-refractivity contribution in [2.45, 2.75) is 24.7 Å². The normalized spacial score (nSPS) is 14.7. The molecule has 1 amide bonds. The van der Waals surface area contributed by atoms with Crippen LogP contribution < -0.4 is 9.46 Å². The summed E-state index contributed by atoms with van der Waals surface area (Å²) in [6.07, 6.45) is 0. The van der Waals surface area contributed by atoms with Crippen molar-refractivity contribution in [1.29, 1.82) is 0 Å². The van der Waals surface area contributed by atoms with Crippen LogP contribution in [-0.2, 0) is 14.8 Å². The number of morpholine rings is 1. The van der Waals surface area contributed by atoms with Crippen LogP contribution in [0.5, 0.6) is 5.75 Å². The maximum absolute atomic E-state index is 13.0. The van der Waals surface area contributed by atoms with Crippen LogP contribution in [0.1, 0.15) is 35.7 Å². The number of rotatable bonds is 6. The summed E-state index contributed by atoms with van der Waals surface area (Å²) in [5, 5.41) is 0. The molecule has 1 fully saturated rings. The van der Waals surface area contributed by atoms with Crippen LogP contribution in [0.25, 0.3) is 0 Å². The minimum Gasteiger partial charge on any atom is -0.496 e. The largest absolute Gasteiger partial charge is 0.496 e. The van der Waals surface area contributed by atoms with Crippen LogP contribution in [0.15, 0.2) is 47.4 Å². The summed E-state index contributed by atoms with van der Waals surface area (Å²) in [6, 6.07) is 11.4. The van der Waals surface area contributed by atoms with Gasteiger partial charge in [0.1, 0.15) is 5.75 Å². The molecule has 2 aromatic rings. The number of hydrogen-bond donors (Lipinski definition) is 1. The van der Waals surface area contributed by atoms with Gasteiger partial charge in [-0.25, -0.2) is 8.42 Å². The number of anilines is 1. The number of sulfonamides is 1. The van der Waals surface area contributed by atoms with E-state index in [1.165, 1.54) is 6.07 Å². The van der Waals surface area contributed by atoms with E-state index >= 15 is 0 Å². The average molecular weight is 419 g/mol. The maximum atomic E-state index is 13.0. The molecule has 1 saturated heterocycles. The van der Waals surface area contributed by atoms with Gasteiger partial charge in [0, 0.05) is 13.1 Å². The van der Waals surface area contributed by atoms with E-state index in [0.29, 0.717) is 37.6 Å². The zero-order valence-corrected chi connectivity index (χ0v) is 17.7. The van der Waals surface area contributed by atoms with Gasteiger partial charge in [0.05, 0.1) is 36.5 Å². The van der Waals surface area contributed by atoms with Crippen molar-refractivity contribution >= 4 is 21.6 Å². The van der Waals surface area contributed by atoms with Crippen LogP contribution in [-0.4, -0.2) is 52.6 Å². The number of methoxy groups -OCH3 is 1. The summed E-state index contributed by atoms with van der Waals surface area (Å²) < 4.78 is 39.3. The molecule has 0 saturated carbocycles. The van der Waals surface area contributed by atoms with Gasteiger partial charge in [0.15, 0.2) is 0 Å². The molecule has 0 aromatic heterocycles. The molecule has 0 bridgehead atoms. The molecule has 0 atom stereocenters. The summed E-state index contributed by atoms with van der Waals surface area (Å²) in [5.41, 5.74) is 1.37. The Kier molecular flexibility index (Phi) is 6.44. The molecule has 1 aliphatic rings. The summed E-state index contributed by atoms with van der Waals surface area (Å²) in [5.74, 6) is 0.515. The number of ether oxygens (including phenoxy) is 2. The third-order valence-electron chi connectivity index (χ3n) is 4.83. The number of nitrogens with one attached hydrogen (secondary N) is 1. The number of benzene rings is 2. The van der Waals surface area contributed by atoms with E-state index < -0.39 is 10.0 Å². The minimum absolute atomic E-state index is 0.0929. The molecule has 29 heavy (non-hydrogen) atoms. The molecule has 1 heterocycles. The third kappa shape index (κ3) is 4.71. The Morgan fingerprint density at radius 2 is 1.83 bits per heavy atom. The van der Waals surface area contributed by atoms with Crippen molar-refractivity contribution in [2.24, 2.45) is 0 Å². The highest BCUT2D eigenvalue weighted by Gasteiger charge is 2.24. The average Bonchev–Trinajstić information content (AvgIpc) is 2.73. The second-order valence-corrected chi connectivity index (χ2v) is 8.80. The van der Waals surface area contributed by atoms with E-state index in [1.54, 1.807) is 48.4 Å². The molecule has 156 valence electrons. The molecule has 1 aliphatic heterocycles. The molecular weight excluding hydrogens is 392 g/mol. The lowest BCUT2D eigenvalue weighted by Crippen LogP contribution is -2.41. The van der Waals surface area contributed by atoms with E-state index in [0.717, 1.165) is 5.56 Å². The Morgan fingerprint density at radius 3 is 2.48 bits per heavy atom. The highest BCUT2D eigenvalue weighted by atomic mass is 32.2. The van der Waals surface area contributed by atoms with Crippen LogP contribution in [0, 0.1) is 0 Å². The maximum Gasteiger partial charge on any atom is 0.261 e. The third-order valence-corrected chi connectivity index (χ3v) is 6.20. The number of amides is 1. The minimum atomic E-state index is -3.88. The van der Waals surface area contributed by atoms with E-state index in [1.807, 2.05) is 13.8 Å². The second-order valence-electron chi connectivity index (χ2n) is 7.11. The number of carbonyl (C=O) groups excluding carboxylic acids is 1. The Morgan fingerprint density at radius 1 is 1.14 bits per heavy atom. The van der Waals surface area contributed by atoms with E-state index in [4.69, 9.17) is 9.47 Å². The SMILES string of the molecule is COc1ccc(S(=O)(=O)Nc2ccccc2C(=O)N2CCOCC2)cc1C(C)C. The molecular formula is C21H26N2O5S. The number of para-hydroxylation sites is 1. The van der Waals surface area contributed by atoms with Gasteiger partial charge in [-0.15, -0.1) is 0 Å². The molecule has 1 N–H and O–H groups in total. The quantitative estimate of drug-likeness (QED) is 0.779. The number of hydrogen-bond acceptors (Lipinski definition) is 5. The summed E-state index contributed by atoms with van der Waals surface area (Å²) >= 11 is 0. The van der Waals surface area contributed by atoms with Crippen LogP contribution in [0.2, 0.25) is 0 Å². The van der Waals surface area contributed by atoms with E-state index in [9.17, 15) is 13.2 Å². The first-order valence-electron chi connectivity index (χ1n) is 9.50. The van der Waals surface area contributed by atoms with E-state index in [2.05, 4.69) is 4.72 Å². The Bertz CT molecular complexity index is 982. The highest BCUT2D eigenvalue weighted by Crippen LogP contribution is 2.30. The van der Waals surface area contributed by atoms with Crippen molar-refractivity contribution in [3.8, 4) is 5.75 Å². The molecule has 7 nitrogen and oxygen atoms in total. The monoisotopic (exact) mass is 418 g/mol. The van der Waals surface area contributed by atoms with Crippen molar-refractivity contribution in [2.75, 3.05) is 38.1 Å². The first-order valence-corrected chi connectivity index (χ1v) is 11.0. The van der Waals surface area contributed by atoms with Gasteiger partial charge >= 0.3 is 0 Å². The van der Waals surface area contributed by atoms with Crippen molar-refractivity contribution in [3.05, 3.63) is 53.6 Å². The standard InChI is InChI=1S/C21H26N2O5S/c1-15(2)18-14-16(8-9-20(18)27-3)29(25,26)22-19-7-5-4-6-17(19)21(24)23-10-12-28-13-11-23/h4-9,14-15,22H,10-13H2,1-3H3. The van der Waals surface area contributed by atoms with Gasteiger partial charge < -0.3 is 14.4 Å². The van der Waals surface area contributed by atoms with Crippen molar-refractivity contribution in [3.63, 3.8) is 0 Å². The molecule has 0 aliphatic carbocycles. The Hall–Kier alpha value is -2.58. The Labute approximate surface area is 171 Å². The van der Waals surface area contributed by atoms with Crippen LogP contribution in [0.4, 0.5) is 5.69 Å². The topological polar surface area (TPSA) is 84.9 Å². The Balaban J connectivity index is 1.92. The van der Waals surface area contributed by atoms with Crippen LogP contribution >= 0.6 is 0 Å². The first-order chi connectivity index (χ1) is 13.8. The highest BCUT2D eigenvalue weighted by molar-refractivity contribution is 7.92. The summed E-state index contributed by atoms with van der Waals surface area (Å²) in [6.45, 7) is 5.86. The van der Waals surface area contributed by atoms with Crippen molar-refractivity contribution < 1.29 is 22.7 Å². The molecule has 0 spiro atoms. The lowest BCUT2D eigenvalue weighted by atomic mass is 10.0. The fourth-order valence-corrected chi connectivity index (χ4v) is 4.34. The zero-order valence-electron chi connectivity index (χ0n) is 16.8.